The van der Waals surface area contributed by atoms with E-state index in [0.29, 0.717) is 0 Å². The van der Waals surface area contributed by atoms with Gasteiger partial charge in [0.15, 0.2) is 0 Å². The summed E-state index contributed by atoms with van der Waals surface area (Å²) in [7, 11) is 0. The third kappa shape index (κ3) is 4.22. The van der Waals surface area contributed by atoms with Gasteiger partial charge in [0.2, 0.25) is 5.88 Å². The molecule has 0 saturated carbocycles. The highest BCUT2D eigenvalue weighted by atomic mass is 79.9. The lowest BCUT2D eigenvalue weighted by Crippen LogP contribution is -2.20. The van der Waals surface area contributed by atoms with Gasteiger partial charge in [-0.1, -0.05) is 0 Å². The van der Waals surface area contributed by atoms with Crippen LogP contribution in [0.15, 0.2) is 16.7 Å². The molecule has 0 N–H and O–H groups in total. The standard InChI is InChI=1S/C9H7BrF3NO3/c1-2-16-8(15)5-3-4-6(10)14-7(5)17-9(11,12)13/h3-4H,2H2,1H3. The Kier molecular flexibility index (Phi) is 4.33. The van der Waals surface area contributed by atoms with E-state index < -0.39 is 18.2 Å². The average molecular weight is 314 g/mol. The molecule has 0 aromatic carbocycles. The predicted octanol–water partition coefficient (Wildman–Crippen LogP) is 2.92. The van der Waals surface area contributed by atoms with Crippen LogP contribution in [-0.4, -0.2) is 23.9 Å². The van der Waals surface area contributed by atoms with Gasteiger partial charge in [-0.2, -0.15) is 0 Å². The minimum atomic E-state index is -4.92. The molecule has 0 saturated heterocycles. The molecule has 17 heavy (non-hydrogen) atoms. The molecular formula is C9H7BrF3NO3. The number of ether oxygens (including phenoxy) is 2. The average Bonchev–Trinajstić information content (AvgIpc) is 2.15. The van der Waals surface area contributed by atoms with Crippen molar-refractivity contribution in [2.45, 2.75) is 13.3 Å². The Morgan fingerprint density at radius 1 is 1.47 bits per heavy atom. The molecule has 1 aromatic heterocycles. The van der Waals surface area contributed by atoms with Gasteiger partial charge in [-0.05, 0) is 35.0 Å². The molecule has 0 amide bonds. The molecule has 0 fully saturated rings. The van der Waals surface area contributed by atoms with Crippen LogP contribution in [0.25, 0.3) is 0 Å². The third-order valence-electron chi connectivity index (χ3n) is 1.53. The van der Waals surface area contributed by atoms with Gasteiger partial charge >= 0.3 is 12.3 Å². The number of pyridine rings is 1. The van der Waals surface area contributed by atoms with Crippen LogP contribution in [0.3, 0.4) is 0 Å². The molecule has 0 spiro atoms. The molecule has 0 bridgehead atoms. The Morgan fingerprint density at radius 3 is 2.65 bits per heavy atom. The van der Waals surface area contributed by atoms with Crippen LogP contribution >= 0.6 is 15.9 Å². The number of hydrogen-bond donors (Lipinski definition) is 0. The molecule has 0 aliphatic rings. The maximum Gasteiger partial charge on any atom is 0.574 e. The number of halogens is 4. The van der Waals surface area contributed by atoms with Crippen molar-refractivity contribution < 1.29 is 27.4 Å². The molecule has 1 rings (SSSR count). The van der Waals surface area contributed by atoms with Gasteiger partial charge in [-0.25, -0.2) is 9.78 Å². The van der Waals surface area contributed by atoms with Crippen molar-refractivity contribution in [1.29, 1.82) is 0 Å². The third-order valence-corrected chi connectivity index (χ3v) is 1.98. The first kappa shape index (κ1) is 13.8. The van der Waals surface area contributed by atoms with Crippen LogP contribution in [0, 0.1) is 0 Å². The molecule has 0 radical (unpaired) electrons. The van der Waals surface area contributed by atoms with Crippen molar-refractivity contribution in [1.82, 2.24) is 4.98 Å². The molecule has 0 aliphatic heterocycles. The topological polar surface area (TPSA) is 48.4 Å². The van der Waals surface area contributed by atoms with Gasteiger partial charge in [0.25, 0.3) is 0 Å². The van der Waals surface area contributed by atoms with Gasteiger partial charge in [0, 0.05) is 0 Å². The van der Waals surface area contributed by atoms with Crippen LogP contribution in [-0.2, 0) is 4.74 Å². The predicted molar refractivity (Wildman–Crippen MR) is 54.6 cm³/mol. The number of carbonyl (C=O) groups excluding carboxylic acids is 1. The van der Waals surface area contributed by atoms with E-state index in [1.165, 1.54) is 13.0 Å². The zero-order chi connectivity index (χ0) is 13.1. The summed E-state index contributed by atoms with van der Waals surface area (Å²) in [5, 5.41) is 0. The second-order valence-electron chi connectivity index (χ2n) is 2.75. The quantitative estimate of drug-likeness (QED) is 0.636. The van der Waals surface area contributed by atoms with E-state index in [1.807, 2.05) is 0 Å². The summed E-state index contributed by atoms with van der Waals surface area (Å²) in [6, 6.07) is 2.45. The molecule has 0 aliphatic carbocycles. The normalized spacial score (nSPS) is 11.1. The Hall–Kier alpha value is -1.31. The first-order valence-electron chi connectivity index (χ1n) is 4.43. The fraction of sp³-hybridized carbons (Fsp3) is 0.333. The van der Waals surface area contributed by atoms with Crippen LogP contribution in [0.2, 0.25) is 0 Å². The lowest BCUT2D eigenvalue weighted by molar-refractivity contribution is -0.276. The highest BCUT2D eigenvalue weighted by Gasteiger charge is 2.34. The van der Waals surface area contributed by atoms with Crippen LogP contribution in [0.5, 0.6) is 5.88 Å². The van der Waals surface area contributed by atoms with Gasteiger partial charge in [-0.15, -0.1) is 13.2 Å². The van der Waals surface area contributed by atoms with Gasteiger partial charge < -0.3 is 9.47 Å². The molecule has 8 heteroatoms. The Balaban J connectivity index is 3.08. The van der Waals surface area contributed by atoms with Crippen LogP contribution in [0.4, 0.5) is 13.2 Å². The monoisotopic (exact) mass is 313 g/mol. The van der Waals surface area contributed by atoms with Gasteiger partial charge in [-0.3, -0.25) is 0 Å². The van der Waals surface area contributed by atoms with E-state index in [9.17, 15) is 18.0 Å². The number of alkyl halides is 3. The molecule has 0 atom stereocenters. The highest BCUT2D eigenvalue weighted by molar-refractivity contribution is 9.10. The number of nitrogens with zero attached hydrogens (tertiary/aromatic N) is 1. The van der Waals surface area contributed by atoms with E-state index in [0.717, 1.165) is 6.07 Å². The smallest absolute Gasteiger partial charge is 0.462 e. The van der Waals surface area contributed by atoms with Crippen molar-refractivity contribution in [3.05, 3.63) is 22.3 Å². The molecular weight excluding hydrogens is 307 g/mol. The number of rotatable bonds is 3. The summed E-state index contributed by atoms with van der Waals surface area (Å²) in [5.74, 6) is -1.77. The number of carbonyl (C=O) groups is 1. The number of esters is 1. The summed E-state index contributed by atoms with van der Waals surface area (Å²) in [4.78, 5) is 14.8. The zero-order valence-electron chi connectivity index (χ0n) is 8.55. The van der Waals surface area contributed by atoms with Gasteiger partial charge in [0.1, 0.15) is 10.2 Å². The van der Waals surface area contributed by atoms with Crippen molar-refractivity contribution in [2.24, 2.45) is 0 Å². The SMILES string of the molecule is CCOC(=O)c1ccc(Br)nc1OC(F)(F)F. The number of aromatic nitrogens is 1. The van der Waals surface area contributed by atoms with E-state index in [1.54, 1.807) is 0 Å². The first-order chi connectivity index (χ1) is 7.83. The second kappa shape index (κ2) is 5.35. The minimum absolute atomic E-state index is 0.0420. The molecule has 94 valence electrons. The fourth-order valence-electron chi connectivity index (χ4n) is 0.970. The summed E-state index contributed by atoms with van der Waals surface area (Å²) in [5.41, 5.74) is -0.382. The zero-order valence-corrected chi connectivity index (χ0v) is 10.1. The molecule has 0 unspecified atom stereocenters. The van der Waals surface area contributed by atoms with Crippen LogP contribution < -0.4 is 4.74 Å². The van der Waals surface area contributed by atoms with Gasteiger partial charge in [0.05, 0.1) is 6.61 Å². The summed E-state index contributed by atoms with van der Waals surface area (Å²) < 4.78 is 44.6. The van der Waals surface area contributed by atoms with E-state index in [2.05, 4.69) is 30.4 Å². The van der Waals surface area contributed by atoms with Crippen molar-refractivity contribution in [3.8, 4) is 5.88 Å². The summed E-state index contributed by atoms with van der Waals surface area (Å²) in [6.45, 7) is 1.58. The minimum Gasteiger partial charge on any atom is -0.462 e. The Bertz CT molecular complexity index is 422. The fourth-order valence-corrected chi connectivity index (χ4v) is 1.26. The van der Waals surface area contributed by atoms with Crippen molar-refractivity contribution >= 4 is 21.9 Å². The molecule has 4 nitrogen and oxygen atoms in total. The number of hydrogen-bond acceptors (Lipinski definition) is 4. The van der Waals surface area contributed by atoms with Crippen molar-refractivity contribution in [3.63, 3.8) is 0 Å². The summed E-state index contributed by atoms with van der Waals surface area (Å²) in [6.07, 6.45) is -4.92. The Labute approximate surface area is 103 Å². The van der Waals surface area contributed by atoms with Crippen LogP contribution in [0.1, 0.15) is 17.3 Å². The van der Waals surface area contributed by atoms with E-state index in [-0.39, 0.29) is 16.8 Å². The largest absolute Gasteiger partial charge is 0.574 e. The van der Waals surface area contributed by atoms with E-state index >= 15 is 0 Å². The first-order valence-corrected chi connectivity index (χ1v) is 5.22. The molecule has 1 aromatic rings. The second-order valence-corrected chi connectivity index (χ2v) is 3.57. The van der Waals surface area contributed by atoms with E-state index in [4.69, 9.17) is 0 Å². The maximum absolute atomic E-state index is 12.1. The highest BCUT2D eigenvalue weighted by Crippen LogP contribution is 2.26. The lowest BCUT2D eigenvalue weighted by Gasteiger charge is -2.11. The Morgan fingerprint density at radius 2 is 2.12 bits per heavy atom. The maximum atomic E-state index is 12.1. The van der Waals surface area contributed by atoms with Crippen molar-refractivity contribution in [2.75, 3.05) is 6.61 Å². The molecule has 1 heterocycles. The summed E-state index contributed by atoms with van der Waals surface area (Å²) >= 11 is 2.88. The lowest BCUT2D eigenvalue weighted by atomic mass is 10.3.